The van der Waals surface area contributed by atoms with Crippen LogP contribution < -0.4 is 10.1 Å². The Morgan fingerprint density at radius 3 is 2.69 bits per heavy atom. The summed E-state index contributed by atoms with van der Waals surface area (Å²) in [6.45, 7) is 2.02. The topological polar surface area (TPSA) is 64.1 Å². The smallest absolute Gasteiger partial charge is 0.257 e. The zero-order valence-electron chi connectivity index (χ0n) is 14.0. The first kappa shape index (κ1) is 16.2. The normalized spacial score (nSPS) is 10.7. The lowest BCUT2D eigenvalue weighted by atomic mass is 10.2. The first-order chi connectivity index (χ1) is 12.7. The van der Waals surface area contributed by atoms with Crippen LogP contribution in [0.25, 0.3) is 10.2 Å². The van der Waals surface area contributed by atoms with Gasteiger partial charge in [-0.05, 0) is 43.3 Å². The van der Waals surface area contributed by atoms with Crippen LogP contribution in [0.5, 0.6) is 11.5 Å². The second kappa shape index (κ2) is 6.93. The highest BCUT2D eigenvalue weighted by Gasteiger charge is 2.14. The highest BCUT2D eigenvalue weighted by Crippen LogP contribution is 2.33. The Morgan fingerprint density at radius 1 is 1.08 bits per heavy atom. The average Bonchev–Trinajstić information content (AvgIpc) is 3.13. The van der Waals surface area contributed by atoms with E-state index in [0.29, 0.717) is 22.9 Å². The number of hydrogen-bond donors (Lipinski definition) is 1. The summed E-state index contributed by atoms with van der Waals surface area (Å²) in [7, 11) is 0. The third-order valence-electron chi connectivity index (χ3n) is 3.82. The van der Waals surface area contributed by atoms with Crippen LogP contribution in [0.3, 0.4) is 0 Å². The van der Waals surface area contributed by atoms with Crippen LogP contribution in [-0.4, -0.2) is 15.9 Å². The van der Waals surface area contributed by atoms with Gasteiger partial charge in [-0.25, -0.2) is 9.97 Å². The molecule has 0 bridgehead atoms. The molecular weight excluding hydrogens is 346 g/mol. The molecular formula is C20H15N3O2S. The fourth-order valence-corrected chi connectivity index (χ4v) is 3.23. The zero-order chi connectivity index (χ0) is 17.9. The van der Waals surface area contributed by atoms with Crippen LogP contribution in [0.15, 0.2) is 66.3 Å². The van der Waals surface area contributed by atoms with E-state index < -0.39 is 0 Å². The second-order valence-corrected chi connectivity index (χ2v) is 6.64. The van der Waals surface area contributed by atoms with Crippen molar-refractivity contribution in [1.82, 2.24) is 9.97 Å². The van der Waals surface area contributed by atoms with Crippen molar-refractivity contribution in [3.63, 3.8) is 0 Å². The van der Waals surface area contributed by atoms with Crippen molar-refractivity contribution in [3.05, 3.63) is 77.4 Å². The maximum Gasteiger partial charge on any atom is 0.257 e. The Bertz CT molecular complexity index is 1060. The summed E-state index contributed by atoms with van der Waals surface area (Å²) >= 11 is 1.47. The lowest BCUT2D eigenvalue weighted by Gasteiger charge is -2.09. The zero-order valence-corrected chi connectivity index (χ0v) is 14.8. The Morgan fingerprint density at radius 2 is 1.92 bits per heavy atom. The van der Waals surface area contributed by atoms with Gasteiger partial charge in [-0.2, -0.15) is 0 Å². The number of fused-ring (bicyclic) bond motifs is 1. The summed E-state index contributed by atoms with van der Waals surface area (Å²) in [6, 6.07) is 16.6. The number of benzene rings is 2. The molecule has 0 atom stereocenters. The molecule has 4 aromatic rings. The van der Waals surface area contributed by atoms with Crippen LogP contribution in [0, 0.1) is 6.92 Å². The number of pyridine rings is 1. The molecule has 0 aliphatic carbocycles. The van der Waals surface area contributed by atoms with E-state index in [0.717, 1.165) is 15.8 Å². The summed E-state index contributed by atoms with van der Waals surface area (Å²) in [5.74, 6) is 1.52. The molecule has 0 saturated carbocycles. The van der Waals surface area contributed by atoms with Gasteiger partial charge in [0, 0.05) is 11.8 Å². The monoisotopic (exact) mass is 361 g/mol. The third-order valence-corrected chi connectivity index (χ3v) is 4.59. The summed E-state index contributed by atoms with van der Waals surface area (Å²) in [5, 5.41) is 2.79. The number of aryl methyl sites for hydroxylation is 1. The molecule has 4 rings (SSSR count). The largest absolute Gasteiger partial charge is 0.455 e. The number of hydrogen-bond acceptors (Lipinski definition) is 5. The Kier molecular flexibility index (Phi) is 4.33. The molecule has 0 fully saturated rings. The second-order valence-electron chi connectivity index (χ2n) is 5.76. The lowest BCUT2D eigenvalue weighted by Crippen LogP contribution is -2.12. The van der Waals surface area contributed by atoms with Crippen LogP contribution in [0.2, 0.25) is 0 Å². The molecule has 128 valence electrons. The van der Waals surface area contributed by atoms with Crippen LogP contribution >= 0.6 is 11.3 Å². The SMILES string of the molecule is Cc1ccc(Oc2cc(C(=O)Nc3ccccn3)cc3scnc23)cc1. The highest BCUT2D eigenvalue weighted by molar-refractivity contribution is 7.16. The first-order valence-electron chi connectivity index (χ1n) is 8.03. The van der Waals surface area contributed by atoms with Gasteiger partial charge in [0.2, 0.25) is 0 Å². The van der Waals surface area contributed by atoms with Gasteiger partial charge in [0.1, 0.15) is 17.1 Å². The average molecular weight is 361 g/mol. The summed E-state index contributed by atoms with van der Waals surface area (Å²) in [4.78, 5) is 21.1. The fourth-order valence-electron chi connectivity index (χ4n) is 2.50. The highest BCUT2D eigenvalue weighted by atomic mass is 32.1. The van der Waals surface area contributed by atoms with E-state index in [2.05, 4.69) is 15.3 Å². The van der Waals surface area contributed by atoms with Crippen molar-refractivity contribution in [2.24, 2.45) is 0 Å². The van der Waals surface area contributed by atoms with Gasteiger partial charge < -0.3 is 10.1 Å². The molecule has 0 aliphatic rings. The number of ether oxygens (including phenoxy) is 1. The van der Waals surface area contributed by atoms with Crippen LogP contribution in [0.1, 0.15) is 15.9 Å². The quantitative estimate of drug-likeness (QED) is 0.553. The first-order valence-corrected chi connectivity index (χ1v) is 8.91. The summed E-state index contributed by atoms with van der Waals surface area (Å²) in [5.41, 5.74) is 4.13. The number of anilines is 1. The van der Waals surface area contributed by atoms with Gasteiger partial charge >= 0.3 is 0 Å². The van der Waals surface area contributed by atoms with Crippen molar-refractivity contribution < 1.29 is 9.53 Å². The van der Waals surface area contributed by atoms with Gasteiger partial charge in [0.05, 0.1) is 10.2 Å². The van der Waals surface area contributed by atoms with Crippen molar-refractivity contribution in [1.29, 1.82) is 0 Å². The van der Waals surface area contributed by atoms with Crippen molar-refractivity contribution in [2.75, 3.05) is 5.32 Å². The molecule has 5 nitrogen and oxygen atoms in total. The molecule has 1 N–H and O–H groups in total. The lowest BCUT2D eigenvalue weighted by molar-refractivity contribution is 0.102. The van der Waals surface area contributed by atoms with Crippen molar-refractivity contribution in [2.45, 2.75) is 6.92 Å². The minimum Gasteiger partial charge on any atom is -0.455 e. The number of aromatic nitrogens is 2. The Hall–Kier alpha value is -3.25. The Balaban J connectivity index is 1.68. The van der Waals surface area contributed by atoms with E-state index in [-0.39, 0.29) is 5.91 Å². The molecule has 0 radical (unpaired) electrons. The molecule has 0 spiro atoms. The number of amides is 1. The van der Waals surface area contributed by atoms with Gasteiger partial charge in [-0.15, -0.1) is 11.3 Å². The third kappa shape index (κ3) is 3.41. The molecule has 1 amide bonds. The molecule has 26 heavy (non-hydrogen) atoms. The number of nitrogens with one attached hydrogen (secondary N) is 1. The molecule has 6 heteroatoms. The number of nitrogens with zero attached hydrogens (tertiary/aromatic N) is 2. The van der Waals surface area contributed by atoms with E-state index >= 15 is 0 Å². The van der Waals surface area contributed by atoms with Gasteiger partial charge in [-0.1, -0.05) is 23.8 Å². The number of carbonyl (C=O) groups excluding carboxylic acids is 1. The standard InChI is InChI=1S/C20H15N3O2S/c1-13-5-7-15(8-6-13)25-16-10-14(11-17-19(16)22-12-26-17)20(24)23-18-4-2-3-9-21-18/h2-12H,1H3,(H,21,23,24). The predicted molar refractivity (Wildman–Crippen MR) is 103 cm³/mol. The minimum absolute atomic E-state index is 0.243. The number of carbonyl (C=O) groups is 1. The van der Waals surface area contributed by atoms with Gasteiger partial charge in [0.15, 0.2) is 5.75 Å². The maximum absolute atomic E-state index is 12.6. The summed E-state index contributed by atoms with van der Waals surface area (Å²) < 4.78 is 6.88. The van der Waals surface area contributed by atoms with Crippen molar-refractivity contribution in [3.8, 4) is 11.5 Å². The van der Waals surface area contributed by atoms with Crippen LogP contribution in [0.4, 0.5) is 5.82 Å². The van der Waals surface area contributed by atoms with Crippen LogP contribution in [-0.2, 0) is 0 Å². The Labute approximate surface area is 154 Å². The predicted octanol–water partition coefficient (Wildman–Crippen LogP) is 5.04. The van der Waals surface area contributed by atoms with E-state index in [1.54, 1.807) is 29.9 Å². The minimum atomic E-state index is -0.243. The number of thiazole rings is 1. The van der Waals surface area contributed by atoms with E-state index in [4.69, 9.17) is 4.74 Å². The molecule has 2 heterocycles. The fraction of sp³-hybridized carbons (Fsp3) is 0.0500. The molecule has 0 saturated heterocycles. The maximum atomic E-state index is 12.6. The number of rotatable bonds is 4. The molecule has 0 aliphatic heterocycles. The molecule has 0 unspecified atom stereocenters. The van der Waals surface area contributed by atoms with E-state index in [1.165, 1.54) is 11.3 Å². The summed E-state index contributed by atoms with van der Waals surface area (Å²) in [6.07, 6.45) is 1.63. The molecule has 2 aromatic heterocycles. The van der Waals surface area contributed by atoms with E-state index in [1.807, 2.05) is 43.3 Å². The molecule has 2 aromatic carbocycles. The van der Waals surface area contributed by atoms with E-state index in [9.17, 15) is 4.79 Å². The van der Waals surface area contributed by atoms with Gasteiger partial charge in [-0.3, -0.25) is 4.79 Å². The van der Waals surface area contributed by atoms with Crippen molar-refractivity contribution >= 4 is 33.3 Å². The van der Waals surface area contributed by atoms with Gasteiger partial charge in [0.25, 0.3) is 5.91 Å².